The minimum Gasteiger partial charge on any atom is -0.396 e. The SMILES string of the molecule is Nc1cccnc1N1CCN(C(=O)C(F)(F)C(F)F)CC1. The fourth-order valence-electron chi connectivity index (χ4n) is 2.10. The average molecular weight is 306 g/mol. The Morgan fingerprint density at radius 3 is 2.43 bits per heavy atom. The van der Waals surface area contributed by atoms with Crippen LogP contribution in [0.2, 0.25) is 0 Å². The molecule has 0 unspecified atom stereocenters. The fourth-order valence-corrected chi connectivity index (χ4v) is 2.10. The molecule has 1 saturated heterocycles. The van der Waals surface area contributed by atoms with E-state index in [1.54, 1.807) is 17.0 Å². The van der Waals surface area contributed by atoms with E-state index in [4.69, 9.17) is 5.73 Å². The Labute approximate surface area is 118 Å². The molecule has 2 heterocycles. The van der Waals surface area contributed by atoms with E-state index in [1.807, 2.05) is 0 Å². The molecule has 1 aliphatic heterocycles. The van der Waals surface area contributed by atoms with E-state index in [2.05, 4.69) is 4.98 Å². The number of piperazine rings is 1. The number of anilines is 2. The van der Waals surface area contributed by atoms with Crippen LogP contribution in [-0.2, 0) is 4.79 Å². The van der Waals surface area contributed by atoms with E-state index in [9.17, 15) is 22.4 Å². The van der Waals surface area contributed by atoms with Crippen molar-refractivity contribution >= 4 is 17.4 Å². The van der Waals surface area contributed by atoms with Crippen LogP contribution in [0.25, 0.3) is 0 Å². The van der Waals surface area contributed by atoms with Crippen molar-refractivity contribution in [2.24, 2.45) is 0 Å². The molecule has 116 valence electrons. The lowest BCUT2D eigenvalue weighted by Crippen LogP contribution is -2.55. The molecule has 1 amide bonds. The van der Waals surface area contributed by atoms with Crippen molar-refractivity contribution in [3.05, 3.63) is 18.3 Å². The third-order valence-electron chi connectivity index (χ3n) is 3.24. The third kappa shape index (κ3) is 3.01. The number of amides is 1. The van der Waals surface area contributed by atoms with E-state index >= 15 is 0 Å². The number of aromatic nitrogens is 1. The van der Waals surface area contributed by atoms with Gasteiger partial charge in [-0.3, -0.25) is 4.79 Å². The Morgan fingerprint density at radius 1 is 1.29 bits per heavy atom. The van der Waals surface area contributed by atoms with Crippen LogP contribution in [0.1, 0.15) is 0 Å². The molecule has 1 aliphatic rings. The van der Waals surface area contributed by atoms with Gasteiger partial charge in [0, 0.05) is 32.4 Å². The van der Waals surface area contributed by atoms with Crippen LogP contribution in [0.3, 0.4) is 0 Å². The Hall–Kier alpha value is -2.06. The molecule has 2 rings (SSSR count). The molecular formula is C12H14F4N4O. The van der Waals surface area contributed by atoms with Gasteiger partial charge in [-0.25, -0.2) is 13.8 Å². The second-order valence-electron chi connectivity index (χ2n) is 4.62. The van der Waals surface area contributed by atoms with Gasteiger partial charge in [0.2, 0.25) is 0 Å². The van der Waals surface area contributed by atoms with Gasteiger partial charge < -0.3 is 15.5 Å². The summed E-state index contributed by atoms with van der Waals surface area (Å²) in [6.45, 7) is 0.229. The van der Waals surface area contributed by atoms with Gasteiger partial charge in [0.05, 0.1) is 5.69 Å². The largest absolute Gasteiger partial charge is 0.396 e. The first-order valence-corrected chi connectivity index (χ1v) is 6.25. The predicted molar refractivity (Wildman–Crippen MR) is 68.4 cm³/mol. The number of nitrogens with two attached hydrogens (primary N) is 1. The van der Waals surface area contributed by atoms with E-state index in [1.165, 1.54) is 6.20 Å². The van der Waals surface area contributed by atoms with Gasteiger partial charge in [-0.15, -0.1) is 0 Å². The standard InChI is InChI=1S/C12H14F4N4O/c13-10(14)12(15,16)11(21)20-6-4-19(5-7-20)9-8(17)2-1-3-18-9/h1-3,10H,4-7,17H2. The van der Waals surface area contributed by atoms with Crippen molar-refractivity contribution in [1.82, 2.24) is 9.88 Å². The number of rotatable bonds is 3. The van der Waals surface area contributed by atoms with Crippen LogP contribution in [-0.4, -0.2) is 54.3 Å². The number of carbonyl (C=O) groups excluding carboxylic acids is 1. The summed E-state index contributed by atoms with van der Waals surface area (Å²) in [5.41, 5.74) is 6.18. The summed E-state index contributed by atoms with van der Waals surface area (Å²) in [4.78, 5) is 17.9. The van der Waals surface area contributed by atoms with Gasteiger partial charge >= 0.3 is 12.3 Å². The monoisotopic (exact) mass is 306 g/mol. The normalized spacial score (nSPS) is 16.4. The lowest BCUT2D eigenvalue weighted by molar-refractivity contribution is -0.180. The van der Waals surface area contributed by atoms with Gasteiger partial charge in [0.15, 0.2) is 5.82 Å². The van der Waals surface area contributed by atoms with Crippen molar-refractivity contribution in [2.45, 2.75) is 12.3 Å². The maximum absolute atomic E-state index is 13.0. The zero-order chi connectivity index (χ0) is 15.6. The maximum atomic E-state index is 13.0. The summed E-state index contributed by atoms with van der Waals surface area (Å²) in [6.07, 6.45) is -2.47. The van der Waals surface area contributed by atoms with E-state index in [0.29, 0.717) is 11.5 Å². The molecule has 1 aromatic rings. The second-order valence-corrected chi connectivity index (χ2v) is 4.62. The summed E-state index contributed by atoms with van der Waals surface area (Å²) in [5, 5.41) is 0. The number of hydrogen-bond donors (Lipinski definition) is 1. The fraction of sp³-hybridized carbons (Fsp3) is 0.500. The molecule has 0 aromatic carbocycles. The Morgan fingerprint density at radius 2 is 1.90 bits per heavy atom. The second kappa shape index (κ2) is 5.74. The van der Waals surface area contributed by atoms with E-state index in [0.717, 1.165) is 4.90 Å². The molecule has 0 spiro atoms. The smallest absolute Gasteiger partial charge is 0.383 e. The molecule has 0 saturated carbocycles. The van der Waals surface area contributed by atoms with Crippen LogP contribution in [0.5, 0.6) is 0 Å². The number of nitrogens with zero attached hydrogens (tertiary/aromatic N) is 3. The number of pyridine rings is 1. The Kier molecular flexibility index (Phi) is 4.19. The van der Waals surface area contributed by atoms with Crippen LogP contribution >= 0.6 is 0 Å². The van der Waals surface area contributed by atoms with Crippen molar-refractivity contribution in [1.29, 1.82) is 0 Å². The summed E-state index contributed by atoms with van der Waals surface area (Å²) < 4.78 is 50.4. The van der Waals surface area contributed by atoms with Gasteiger partial charge in [-0.2, -0.15) is 8.78 Å². The average Bonchev–Trinajstić information content (AvgIpc) is 2.47. The third-order valence-corrected chi connectivity index (χ3v) is 3.24. The quantitative estimate of drug-likeness (QED) is 0.853. The first-order chi connectivity index (χ1) is 9.84. The highest BCUT2D eigenvalue weighted by atomic mass is 19.3. The number of halogens is 4. The molecule has 0 bridgehead atoms. The molecule has 9 heteroatoms. The zero-order valence-electron chi connectivity index (χ0n) is 11.0. The highest BCUT2D eigenvalue weighted by Gasteiger charge is 2.51. The summed E-state index contributed by atoms with van der Waals surface area (Å²) >= 11 is 0. The van der Waals surface area contributed by atoms with Gasteiger partial charge in [-0.05, 0) is 12.1 Å². The van der Waals surface area contributed by atoms with E-state index < -0.39 is 18.3 Å². The molecular weight excluding hydrogens is 292 g/mol. The van der Waals surface area contributed by atoms with Crippen molar-refractivity contribution in [3.8, 4) is 0 Å². The van der Waals surface area contributed by atoms with Gasteiger partial charge in [0.1, 0.15) is 0 Å². The number of alkyl halides is 4. The van der Waals surface area contributed by atoms with Crippen LogP contribution < -0.4 is 10.6 Å². The highest BCUT2D eigenvalue weighted by molar-refractivity contribution is 5.84. The zero-order valence-corrected chi connectivity index (χ0v) is 11.0. The minimum atomic E-state index is -4.65. The Balaban J connectivity index is 2.01. The molecule has 0 radical (unpaired) electrons. The maximum Gasteiger partial charge on any atom is 0.383 e. The topological polar surface area (TPSA) is 62.5 Å². The lowest BCUT2D eigenvalue weighted by Gasteiger charge is -2.36. The van der Waals surface area contributed by atoms with Gasteiger partial charge in [-0.1, -0.05) is 0 Å². The Bertz CT molecular complexity index is 518. The van der Waals surface area contributed by atoms with Gasteiger partial charge in [0.25, 0.3) is 5.91 Å². The molecule has 1 aromatic heterocycles. The van der Waals surface area contributed by atoms with Crippen molar-refractivity contribution in [2.75, 3.05) is 36.8 Å². The van der Waals surface area contributed by atoms with Crippen molar-refractivity contribution in [3.63, 3.8) is 0 Å². The first-order valence-electron chi connectivity index (χ1n) is 6.25. The van der Waals surface area contributed by atoms with Crippen molar-refractivity contribution < 1.29 is 22.4 Å². The van der Waals surface area contributed by atoms with Crippen LogP contribution in [0.4, 0.5) is 29.1 Å². The molecule has 21 heavy (non-hydrogen) atoms. The van der Waals surface area contributed by atoms with E-state index in [-0.39, 0.29) is 26.2 Å². The number of hydrogen-bond acceptors (Lipinski definition) is 4. The molecule has 1 fully saturated rings. The molecule has 0 aliphatic carbocycles. The summed E-state index contributed by atoms with van der Waals surface area (Å²) in [6, 6.07) is 3.30. The summed E-state index contributed by atoms with van der Waals surface area (Å²) in [7, 11) is 0. The van der Waals surface area contributed by atoms with Crippen LogP contribution in [0, 0.1) is 0 Å². The summed E-state index contributed by atoms with van der Waals surface area (Å²) in [5.74, 6) is -6.00. The number of nitrogen functional groups attached to an aromatic ring is 1. The molecule has 5 nitrogen and oxygen atoms in total. The predicted octanol–water partition coefficient (Wildman–Crippen LogP) is 1.21. The molecule has 0 atom stereocenters. The number of carbonyl (C=O) groups is 1. The highest BCUT2D eigenvalue weighted by Crippen LogP contribution is 2.27. The molecule has 2 N–H and O–H groups in total. The van der Waals surface area contributed by atoms with Crippen LogP contribution in [0.15, 0.2) is 18.3 Å². The first kappa shape index (κ1) is 15.3. The lowest BCUT2D eigenvalue weighted by atomic mass is 10.2. The minimum absolute atomic E-state index is 0.0862.